The minimum atomic E-state index is 0.0643. The van der Waals surface area contributed by atoms with Crippen molar-refractivity contribution in [1.82, 2.24) is 0 Å². The average Bonchev–Trinajstić information content (AvgIpc) is 2.02. The lowest BCUT2D eigenvalue weighted by Gasteiger charge is -2.31. The smallest absolute Gasteiger partial charge is 0.0850 e. The second kappa shape index (κ2) is 5.69. The topological polar surface area (TPSA) is 9.23 Å². The molecule has 1 nitrogen and oxygen atoms in total. The molecule has 1 aliphatic carbocycles. The van der Waals surface area contributed by atoms with Gasteiger partial charge in [0.05, 0.1) is 17.0 Å². The lowest BCUT2D eigenvalue weighted by Crippen LogP contribution is -2.35. The first-order valence-corrected chi connectivity index (χ1v) is 6.18. The highest BCUT2D eigenvalue weighted by Gasteiger charge is 2.25. The zero-order valence-electron chi connectivity index (χ0n) is 6.81. The summed E-state index contributed by atoms with van der Waals surface area (Å²) in [5.41, 5.74) is 0. The molecule has 0 aliphatic heterocycles. The van der Waals surface area contributed by atoms with Gasteiger partial charge in [-0.15, -0.1) is 23.2 Å². The summed E-state index contributed by atoms with van der Waals surface area (Å²) < 4.78 is 5.72. The molecular formula is C8H13BrCl2O. The monoisotopic (exact) mass is 274 g/mol. The molecule has 2 unspecified atom stereocenters. The third kappa shape index (κ3) is 3.06. The van der Waals surface area contributed by atoms with Crippen molar-refractivity contribution in [3.63, 3.8) is 0 Å². The van der Waals surface area contributed by atoms with Gasteiger partial charge in [0.15, 0.2) is 0 Å². The van der Waals surface area contributed by atoms with Crippen molar-refractivity contribution in [3.05, 3.63) is 0 Å². The lowest BCUT2D eigenvalue weighted by molar-refractivity contribution is -0.0390. The Labute approximate surface area is 91.9 Å². The van der Waals surface area contributed by atoms with Crippen molar-refractivity contribution in [3.8, 4) is 0 Å². The summed E-state index contributed by atoms with van der Waals surface area (Å²) in [5.74, 6) is 1.06. The lowest BCUT2D eigenvalue weighted by atomic mass is 9.96. The van der Waals surface area contributed by atoms with Gasteiger partial charge in [-0.05, 0) is 19.3 Å². The standard InChI is InChI=1S/C8H13BrCl2O/c9-7(4-10)8(5-11)12-6-2-1-3-6/h6-8H,1-5H2. The van der Waals surface area contributed by atoms with Crippen LogP contribution in [-0.4, -0.2) is 28.8 Å². The second-order valence-electron chi connectivity index (χ2n) is 3.05. The molecule has 72 valence electrons. The molecule has 0 heterocycles. The van der Waals surface area contributed by atoms with Gasteiger partial charge in [0.1, 0.15) is 0 Å². The predicted octanol–water partition coefficient (Wildman–Crippen LogP) is 3.17. The fourth-order valence-electron chi connectivity index (χ4n) is 1.07. The Morgan fingerprint density at radius 3 is 2.33 bits per heavy atom. The van der Waals surface area contributed by atoms with Crippen LogP contribution in [0.15, 0.2) is 0 Å². The number of hydrogen-bond donors (Lipinski definition) is 0. The molecule has 1 fully saturated rings. The summed E-state index contributed by atoms with van der Waals surface area (Å²) >= 11 is 14.9. The summed E-state index contributed by atoms with van der Waals surface area (Å²) in [6.45, 7) is 0. The third-order valence-electron chi connectivity index (χ3n) is 2.12. The Morgan fingerprint density at radius 2 is 2.00 bits per heavy atom. The first-order chi connectivity index (χ1) is 5.77. The Kier molecular flexibility index (Phi) is 5.26. The summed E-state index contributed by atoms with van der Waals surface area (Å²) in [4.78, 5) is 0.178. The number of halogens is 3. The maximum atomic E-state index is 5.75. The third-order valence-corrected chi connectivity index (χ3v) is 4.05. The van der Waals surface area contributed by atoms with E-state index >= 15 is 0 Å². The minimum absolute atomic E-state index is 0.0643. The molecule has 0 aromatic carbocycles. The molecule has 2 atom stereocenters. The van der Waals surface area contributed by atoms with Crippen LogP contribution in [0.1, 0.15) is 19.3 Å². The Balaban J connectivity index is 2.23. The number of hydrogen-bond acceptors (Lipinski definition) is 1. The van der Waals surface area contributed by atoms with Crippen LogP contribution in [0.25, 0.3) is 0 Å². The van der Waals surface area contributed by atoms with Crippen molar-refractivity contribution in [2.45, 2.75) is 36.3 Å². The molecule has 0 radical (unpaired) electrons. The zero-order chi connectivity index (χ0) is 8.97. The molecule has 0 bridgehead atoms. The van der Waals surface area contributed by atoms with E-state index in [1.54, 1.807) is 0 Å². The largest absolute Gasteiger partial charge is 0.373 e. The molecular weight excluding hydrogens is 263 g/mol. The molecule has 1 aliphatic rings. The van der Waals surface area contributed by atoms with Crippen LogP contribution in [0.3, 0.4) is 0 Å². The fourth-order valence-corrected chi connectivity index (χ4v) is 2.08. The number of ether oxygens (including phenoxy) is 1. The molecule has 12 heavy (non-hydrogen) atoms. The van der Waals surface area contributed by atoms with Gasteiger partial charge in [0.2, 0.25) is 0 Å². The van der Waals surface area contributed by atoms with Crippen LogP contribution < -0.4 is 0 Å². The average molecular weight is 276 g/mol. The van der Waals surface area contributed by atoms with Crippen LogP contribution >= 0.6 is 39.1 Å². The SMILES string of the molecule is ClCC(Br)C(CCl)OC1CCC1. The van der Waals surface area contributed by atoms with Gasteiger partial charge >= 0.3 is 0 Å². The quantitative estimate of drug-likeness (QED) is 0.701. The van der Waals surface area contributed by atoms with E-state index in [2.05, 4.69) is 15.9 Å². The van der Waals surface area contributed by atoms with Crippen molar-refractivity contribution >= 4 is 39.1 Å². The zero-order valence-corrected chi connectivity index (χ0v) is 9.91. The van der Waals surface area contributed by atoms with Gasteiger partial charge in [-0.1, -0.05) is 15.9 Å². The van der Waals surface area contributed by atoms with E-state index in [1.807, 2.05) is 0 Å². The van der Waals surface area contributed by atoms with E-state index in [0.717, 1.165) is 0 Å². The van der Waals surface area contributed by atoms with Gasteiger partial charge in [-0.2, -0.15) is 0 Å². The van der Waals surface area contributed by atoms with Crippen molar-refractivity contribution in [2.24, 2.45) is 0 Å². The maximum Gasteiger partial charge on any atom is 0.0850 e. The highest BCUT2D eigenvalue weighted by atomic mass is 79.9. The highest BCUT2D eigenvalue weighted by Crippen LogP contribution is 2.26. The summed E-state index contributed by atoms with van der Waals surface area (Å²) in [6, 6.07) is 0. The van der Waals surface area contributed by atoms with E-state index in [1.165, 1.54) is 19.3 Å². The highest BCUT2D eigenvalue weighted by molar-refractivity contribution is 9.09. The Morgan fingerprint density at radius 1 is 1.33 bits per heavy atom. The molecule has 0 aromatic heterocycles. The first-order valence-electron chi connectivity index (χ1n) is 4.19. The molecule has 1 rings (SSSR count). The van der Waals surface area contributed by atoms with E-state index in [4.69, 9.17) is 27.9 Å². The van der Waals surface area contributed by atoms with E-state index in [9.17, 15) is 0 Å². The van der Waals surface area contributed by atoms with E-state index in [-0.39, 0.29) is 10.9 Å². The summed E-state index contributed by atoms with van der Waals surface area (Å²) in [7, 11) is 0. The number of rotatable bonds is 5. The van der Waals surface area contributed by atoms with Crippen LogP contribution in [0.4, 0.5) is 0 Å². The van der Waals surface area contributed by atoms with Crippen LogP contribution in [0, 0.1) is 0 Å². The fraction of sp³-hybridized carbons (Fsp3) is 1.00. The first kappa shape index (κ1) is 11.1. The van der Waals surface area contributed by atoms with Gasteiger partial charge in [0.25, 0.3) is 0 Å². The second-order valence-corrected chi connectivity index (χ2v) is 4.85. The Bertz CT molecular complexity index is 130. The maximum absolute atomic E-state index is 5.75. The van der Waals surface area contributed by atoms with Crippen molar-refractivity contribution in [2.75, 3.05) is 11.8 Å². The Hall–Kier alpha value is 1.02. The van der Waals surface area contributed by atoms with Crippen LogP contribution in [0.2, 0.25) is 0 Å². The van der Waals surface area contributed by atoms with Crippen LogP contribution in [-0.2, 0) is 4.74 Å². The minimum Gasteiger partial charge on any atom is -0.373 e. The van der Waals surface area contributed by atoms with Crippen LogP contribution in [0.5, 0.6) is 0 Å². The number of alkyl halides is 3. The van der Waals surface area contributed by atoms with E-state index < -0.39 is 0 Å². The van der Waals surface area contributed by atoms with Gasteiger partial charge in [0, 0.05) is 11.8 Å². The van der Waals surface area contributed by atoms with Crippen molar-refractivity contribution in [1.29, 1.82) is 0 Å². The van der Waals surface area contributed by atoms with Crippen molar-refractivity contribution < 1.29 is 4.74 Å². The van der Waals surface area contributed by atoms with Gasteiger partial charge in [-0.3, -0.25) is 0 Å². The molecule has 4 heteroatoms. The molecule has 0 spiro atoms. The normalized spacial score (nSPS) is 23.2. The molecule has 0 saturated heterocycles. The molecule has 0 amide bonds. The van der Waals surface area contributed by atoms with Gasteiger partial charge in [-0.25, -0.2) is 0 Å². The summed E-state index contributed by atoms with van der Waals surface area (Å²) in [6.07, 6.45) is 4.13. The molecule has 0 N–H and O–H groups in total. The van der Waals surface area contributed by atoms with E-state index in [0.29, 0.717) is 17.9 Å². The van der Waals surface area contributed by atoms with Gasteiger partial charge < -0.3 is 4.74 Å². The predicted molar refractivity (Wildman–Crippen MR) is 56.7 cm³/mol. The molecule has 1 saturated carbocycles. The summed E-state index contributed by atoms with van der Waals surface area (Å²) in [5, 5.41) is 0. The molecule has 0 aromatic rings.